The van der Waals surface area contributed by atoms with Crippen molar-refractivity contribution in [2.24, 2.45) is 0 Å². The molecule has 3 rings (SSSR count). The second kappa shape index (κ2) is 15.2. The summed E-state index contributed by atoms with van der Waals surface area (Å²) in [6.45, 7) is 10.5. The SMILES string of the molecule is CCCCCCN(CCCCCC)C(CC)COc1nn(Cc2ccccc2)c2cc(Cl)ccc12. The van der Waals surface area contributed by atoms with Gasteiger partial charge in [-0.3, -0.25) is 9.58 Å². The number of fused-ring (bicyclic) bond motifs is 1. The monoisotopic (exact) mass is 497 g/mol. The number of halogens is 1. The molecule has 1 unspecified atom stereocenters. The van der Waals surface area contributed by atoms with Gasteiger partial charge in [0.1, 0.15) is 6.61 Å². The molecule has 0 aliphatic rings. The predicted octanol–water partition coefficient (Wildman–Crippen LogP) is 8.36. The van der Waals surface area contributed by atoms with E-state index in [0.717, 1.165) is 35.4 Å². The van der Waals surface area contributed by atoms with E-state index in [9.17, 15) is 0 Å². The molecule has 35 heavy (non-hydrogen) atoms. The van der Waals surface area contributed by atoms with Gasteiger partial charge in [-0.1, -0.05) is 101 Å². The molecule has 1 atom stereocenters. The molecule has 0 fully saturated rings. The lowest BCUT2D eigenvalue weighted by Crippen LogP contribution is -2.40. The summed E-state index contributed by atoms with van der Waals surface area (Å²) in [6, 6.07) is 16.8. The maximum absolute atomic E-state index is 6.45. The summed E-state index contributed by atoms with van der Waals surface area (Å²) in [6.07, 6.45) is 11.4. The summed E-state index contributed by atoms with van der Waals surface area (Å²) >= 11 is 6.35. The summed E-state index contributed by atoms with van der Waals surface area (Å²) in [7, 11) is 0. The summed E-state index contributed by atoms with van der Waals surface area (Å²) in [5.41, 5.74) is 2.22. The number of unbranched alkanes of at least 4 members (excludes halogenated alkanes) is 6. The first-order chi connectivity index (χ1) is 17.2. The Morgan fingerprint density at radius 3 is 2.20 bits per heavy atom. The van der Waals surface area contributed by atoms with E-state index in [1.54, 1.807) is 0 Å². The molecule has 1 heterocycles. The van der Waals surface area contributed by atoms with Crippen LogP contribution >= 0.6 is 11.6 Å². The number of nitrogens with zero attached hydrogens (tertiary/aromatic N) is 3. The summed E-state index contributed by atoms with van der Waals surface area (Å²) < 4.78 is 8.46. The average molecular weight is 498 g/mol. The van der Waals surface area contributed by atoms with Gasteiger partial charge in [0, 0.05) is 11.1 Å². The van der Waals surface area contributed by atoms with Crippen molar-refractivity contribution in [1.29, 1.82) is 0 Å². The van der Waals surface area contributed by atoms with Crippen LogP contribution in [0.3, 0.4) is 0 Å². The lowest BCUT2D eigenvalue weighted by atomic mass is 10.1. The van der Waals surface area contributed by atoms with Crippen molar-refractivity contribution in [1.82, 2.24) is 14.7 Å². The molecule has 3 aromatic rings. The van der Waals surface area contributed by atoms with E-state index in [-0.39, 0.29) is 0 Å². The lowest BCUT2D eigenvalue weighted by molar-refractivity contribution is 0.124. The fourth-order valence-electron chi connectivity index (χ4n) is 4.72. The van der Waals surface area contributed by atoms with Gasteiger partial charge < -0.3 is 4.74 Å². The molecule has 1 aromatic heterocycles. The van der Waals surface area contributed by atoms with Gasteiger partial charge in [-0.25, -0.2) is 0 Å². The van der Waals surface area contributed by atoms with Crippen molar-refractivity contribution < 1.29 is 4.74 Å². The Morgan fingerprint density at radius 2 is 1.57 bits per heavy atom. The molecule has 0 saturated carbocycles. The van der Waals surface area contributed by atoms with Crippen LogP contribution in [-0.4, -0.2) is 40.4 Å². The maximum Gasteiger partial charge on any atom is 0.240 e. The van der Waals surface area contributed by atoms with Crippen LogP contribution in [0, 0.1) is 0 Å². The van der Waals surface area contributed by atoms with Gasteiger partial charge in [-0.15, -0.1) is 5.10 Å². The molecule has 0 aliphatic carbocycles. The van der Waals surface area contributed by atoms with Crippen LogP contribution in [0.25, 0.3) is 10.9 Å². The molecule has 5 heteroatoms. The van der Waals surface area contributed by atoms with Crippen molar-refractivity contribution in [3.63, 3.8) is 0 Å². The summed E-state index contributed by atoms with van der Waals surface area (Å²) in [5, 5.41) is 6.62. The van der Waals surface area contributed by atoms with Gasteiger partial charge in [0.05, 0.1) is 17.4 Å². The van der Waals surface area contributed by atoms with E-state index in [4.69, 9.17) is 21.4 Å². The van der Waals surface area contributed by atoms with Gasteiger partial charge in [-0.05, 0) is 56.1 Å². The zero-order valence-electron chi connectivity index (χ0n) is 22.0. The number of ether oxygens (including phenoxy) is 1. The van der Waals surface area contributed by atoms with Gasteiger partial charge >= 0.3 is 0 Å². The Morgan fingerprint density at radius 1 is 0.886 bits per heavy atom. The van der Waals surface area contributed by atoms with E-state index in [1.807, 2.05) is 28.9 Å². The smallest absolute Gasteiger partial charge is 0.240 e. The van der Waals surface area contributed by atoms with Crippen LogP contribution in [0.1, 0.15) is 84.1 Å². The maximum atomic E-state index is 6.45. The number of hydrogen-bond donors (Lipinski definition) is 0. The topological polar surface area (TPSA) is 30.3 Å². The first-order valence-electron chi connectivity index (χ1n) is 13.7. The van der Waals surface area contributed by atoms with Gasteiger partial charge in [0.25, 0.3) is 0 Å². The zero-order valence-corrected chi connectivity index (χ0v) is 22.8. The van der Waals surface area contributed by atoms with Crippen LogP contribution in [0.2, 0.25) is 5.02 Å². The standard InChI is InChI=1S/C30H44ClN3O/c1-4-7-9-14-20-33(21-15-10-8-5-2)27(6-3)24-35-30-28-19-18-26(31)22-29(28)34(32-30)23-25-16-12-11-13-17-25/h11-13,16-19,22,27H,4-10,14-15,20-21,23-24H2,1-3H3. The Hall–Kier alpha value is -2.04. The van der Waals surface area contributed by atoms with Crippen LogP contribution in [0.15, 0.2) is 48.5 Å². The fraction of sp³-hybridized carbons (Fsp3) is 0.567. The van der Waals surface area contributed by atoms with Crippen LogP contribution in [0.5, 0.6) is 5.88 Å². The molecular formula is C30H44ClN3O. The molecule has 0 spiro atoms. The van der Waals surface area contributed by atoms with Crippen molar-refractivity contribution >= 4 is 22.5 Å². The third-order valence-electron chi connectivity index (χ3n) is 6.85. The molecule has 192 valence electrons. The highest BCUT2D eigenvalue weighted by atomic mass is 35.5. The first kappa shape index (κ1) is 27.5. The predicted molar refractivity (Wildman–Crippen MR) is 150 cm³/mol. The minimum Gasteiger partial charge on any atom is -0.475 e. The number of rotatable bonds is 17. The number of hydrogen-bond acceptors (Lipinski definition) is 3. The molecule has 0 saturated heterocycles. The summed E-state index contributed by atoms with van der Waals surface area (Å²) in [5.74, 6) is 0.711. The molecular weight excluding hydrogens is 454 g/mol. The van der Waals surface area contributed by atoms with Gasteiger partial charge in [0.2, 0.25) is 5.88 Å². The molecule has 0 N–H and O–H groups in total. The molecule has 0 aliphatic heterocycles. The number of benzene rings is 2. The van der Waals surface area contributed by atoms with Crippen LogP contribution in [0.4, 0.5) is 0 Å². The Kier molecular flexibility index (Phi) is 11.9. The van der Waals surface area contributed by atoms with Crippen LogP contribution < -0.4 is 4.74 Å². The third kappa shape index (κ3) is 8.54. The Labute approximate surface area is 217 Å². The van der Waals surface area contributed by atoms with Gasteiger partial charge in [0.15, 0.2) is 0 Å². The minimum absolute atomic E-state index is 0.403. The second-order valence-electron chi connectivity index (χ2n) is 9.64. The fourth-order valence-corrected chi connectivity index (χ4v) is 4.88. The number of aromatic nitrogens is 2. The summed E-state index contributed by atoms with van der Waals surface area (Å²) in [4.78, 5) is 2.67. The van der Waals surface area contributed by atoms with E-state index < -0.39 is 0 Å². The van der Waals surface area contributed by atoms with Crippen LogP contribution in [-0.2, 0) is 6.54 Å². The Balaban J connectivity index is 1.72. The quantitative estimate of drug-likeness (QED) is 0.175. The minimum atomic E-state index is 0.403. The van der Waals surface area contributed by atoms with Crippen molar-refractivity contribution in [2.75, 3.05) is 19.7 Å². The van der Waals surface area contributed by atoms with E-state index in [1.165, 1.54) is 56.9 Å². The molecule has 0 bridgehead atoms. The van der Waals surface area contributed by atoms with E-state index in [0.29, 0.717) is 25.1 Å². The third-order valence-corrected chi connectivity index (χ3v) is 7.09. The largest absolute Gasteiger partial charge is 0.475 e. The lowest BCUT2D eigenvalue weighted by Gasteiger charge is -2.31. The highest BCUT2D eigenvalue weighted by Gasteiger charge is 2.19. The second-order valence-corrected chi connectivity index (χ2v) is 10.1. The van der Waals surface area contributed by atoms with Crippen molar-refractivity contribution in [2.45, 2.75) is 91.1 Å². The molecule has 2 aromatic carbocycles. The first-order valence-corrected chi connectivity index (χ1v) is 14.1. The van der Waals surface area contributed by atoms with Gasteiger partial charge in [-0.2, -0.15) is 0 Å². The molecule has 0 radical (unpaired) electrons. The molecule has 4 nitrogen and oxygen atoms in total. The normalized spacial score (nSPS) is 12.5. The highest BCUT2D eigenvalue weighted by Crippen LogP contribution is 2.29. The van der Waals surface area contributed by atoms with Crippen molar-refractivity contribution in [3.8, 4) is 5.88 Å². The van der Waals surface area contributed by atoms with E-state index >= 15 is 0 Å². The van der Waals surface area contributed by atoms with Crippen molar-refractivity contribution in [3.05, 3.63) is 59.1 Å². The van der Waals surface area contributed by atoms with E-state index in [2.05, 4.69) is 49.9 Å². The molecule has 0 amide bonds. The highest BCUT2D eigenvalue weighted by molar-refractivity contribution is 6.31. The average Bonchev–Trinajstić information content (AvgIpc) is 3.21. The Bertz CT molecular complexity index is 976. The zero-order chi connectivity index (χ0) is 24.9.